The molecule has 0 aromatic carbocycles. The van der Waals surface area contributed by atoms with Gasteiger partial charge in [-0.25, -0.2) is 0 Å². The van der Waals surface area contributed by atoms with Gasteiger partial charge in [0.15, 0.2) is 5.78 Å². The van der Waals surface area contributed by atoms with Crippen molar-refractivity contribution in [3.05, 3.63) is 11.1 Å². The van der Waals surface area contributed by atoms with Crippen LogP contribution in [0.3, 0.4) is 0 Å². The Kier molecular flexibility index (Phi) is 4.78. The van der Waals surface area contributed by atoms with Crippen molar-refractivity contribution in [2.45, 2.75) is 64.9 Å². The average Bonchev–Trinajstić information content (AvgIpc) is 2.98. The second-order valence-electron chi connectivity index (χ2n) is 9.18. The molecule has 2 fully saturated rings. The summed E-state index contributed by atoms with van der Waals surface area (Å²) in [5.41, 5.74) is 3.31. The van der Waals surface area contributed by atoms with Gasteiger partial charge < -0.3 is 9.84 Å². The van der Waals surface area contributed by atoms with Gasteiger partial charge in [0, 0.05) is 25.4 Å². The first-order chi connectivity index (χ1) is 12.5. The summed E-state index contributed by atoms with van der Waals surface area (Å²) in [7, 11) is 1.67. The molecule has 4 aliphatic carbocycles. The molecule has 0 heterocycles. The van der Waals surface area contributed by atoms with Crippen LogP contribution in [-0.2, 0) is 9.53 Å². The maximum atomic E-state index is 12.7. The first-order valence-electron chi connectivity index (χ1n) is 10.4. The second kappa shape index (κ2) is 6.80. The standard InChI is InChI=1S/C23H32O3/c1-14-21-15(13-20(26-3)22(14)25)6-8-17-18(21)10-11-23(2)16(5-4-12-24)7-9-19(17)23/h14,16-20,24H,6-13H2,1-3H3/t14?,16-,17-,18+,19+,20?,23-/m1/s1. The fourth-order valence-corrected chi connectivity index (χ4v) is 7.03. The smallest absolute Gasteiger partial charge is 0.168 e. The van der Waals surface area contributed by atoms with Gasteiger partial charge in [0.1, 0.15) is 12.7 Å². The quantitative estimate of drug-likeness (QED) is 0.575. The summed E-state index contributed by atoms with van der Waals surface area (Å²) in [6.07, 6.45) is 7.84. The normalized spacial score (nSPS) is 44.7. The highest BCUT2D eigenvalue weighted by atomic mass is 16.5. The van der Waals surface area contributed by atoms with Crippen molar-refractivity contribution in [1.29, 1.82) is 0 Å². The van der Waals surface area contributed by atoms with E-state index in [4.69, 9.17) is 9.84 Å². The van der Waals surface area contributed by atoms with Gasteiger partial charge in [0.05, 0.1) is 0 Å². The summed E-state index contributed by atoms with van der Waals surface area (Å²) >= 11 is 0. The molecule has 0 amide bonds. The summed E-state index contributed by atoms with van der Waals surface area (Å²) in [6, 6.07) is 0. The van der Waals surface area contributed by atoms with Crippen molar-refractivity contribution in [2.24, 2.45) is 35.0 Å². The maximum absolute atomic E-state index is 12.7. The summed E-state index contributed by atoms with van der Waals surface area (Å²) < 4.78 is 5.48. The lowest BCUT2D eigenvalue weighted by Gasteiger charge is -2.52. The number of hydrogen-bond acceptors (Lipinski definition) is 3. The Hall–Kier alpha value is -1.11. The lowest BCUT2D eigenvalue weighted by atomic mass is 9.52. The van der Waals surface area contributed by atoms with Gasteiger partial charge in [-0.1, -0.05) is 36.8 Å². The van der Waals surface area contributed by atoms with Crippen molar-refractivity contribution in [3.63, 3.8) is 0 Å². The molecule has 0 saturated heterocycles. The third-order valence-corrected chi connectivity index (χ3v) is 8.31. The number of fused-ring (bicyclic) bond motifs is 4. The van der Waals surface area contributed by atoms with Gasteiger partial charge in [-0.3, -0.25) is 4.79 Å². The molecular formula is C23H32O3. The molecule has 0 bridgehead atoms. The number of hydrogen-bond donors (Lipinski definition) is 1. The molecule has 2 unspecified atom stereocenters. The molecule has 3 heteroatoms. The molecule has 0 aliphatic heterocycles. The van der Waals surface area contributed by atoms with E-state index in [1.54, 1.807) is 7.11 Å². The molecule has 4 aliphatic rings. The van der Waals surface area contributed by atoms with Crippen LogP contribution in [0.5, 0.6) is 0 Å². The largest absolute Gasteiger partial charge is 0.384 e. The number of rotatable bonds is 1. The fraction of sp³-hybridized carbons (Fsp3) is 0.783. The van der Waals surface area contributed by atoms with Crippen LogP contribution < -0.4 is 0 Å². The van der Waals surface area contributed by atoms with Crippen molar-refractivity contribution in [3.8, 4) is 11.8 Å². The molecular weight excluding hydrogens is 324 g/mol. The molecule has 26 heavy (non-hydrogen) atoms. The first-order valence-corrected chi connectivity index (χ1v) is 10.4. The Balaban J connectivity index is 1.63. The predicted octanol–water partition coefficient (Wildman–Crippen LogP) is 3.76. The Morgan fingerprint density at radius 2 is 2.08 bits per heavy atom. The number of aliphatic hydroxyl groups excluding tert-OH is 1. The van der Waals surface area contributed by atoms with E-state index >= 15 is 0 Å². The van der Waals surface area contributed by atoms with E-state index in [0.29, 0.717) is 29.0 Å². The van der Waals surface area contributed by atoms with Crippen molar-refractivity contribution < 1.29 is 14.6 Å². The predicted molar refractivity (Wildman–Crippen MR) is 101 cm³/mol. The minimum atomic E-state index is -0.223. The molecule has 7 atom stereocenters. The Bertz CT molecular complexity index is 681. The van der Waals surface area contributed by atoms with E-state index in [9.17, 15) is 4.79 Å². The van der Waals surface area contributed by atoms with E-state index in [0.717, 1.165) is 18.8 Å². The topological polar surface area (TPSA) is 46.5 Å². The highest BCUT2D eigenvalue weighted by molar-refractivity contribution is 5.89. The van der Waals surface area contributed by atoms with Gasteiger partial charge in [-0.05, 0) is 61.7 Å². The minimum Gasteiger partial charge on any atom is -0.384 e. The summed E-state index contributed by atoms with van der Waals surface area (Å²) in [6.45, 7) is 4.53. The zero-order valence-electron chi connectivity index (χ0n) is 16.4. The van der Waals surface area contributed by atoms with Crippen LogP contribution in [0, 0.1) is 46.8 Å². The van der Waals surface area contributed by atoms with Crippen LogP contribution in [0.25, 0.3) is 0 Å². The number of carbonyl (C=O) groups excluding carboxylic acids is 1. The summed E-state index contributed by atoms with van der Waals surface area (Å²) in [4.78, 5) is 12.7. The van der Waals surface area contributed by atoms with Crippen LogP contribution in [0.2, 0.25) is 0 Å². The number of ketones is 1. The number of aliphatic hydroxyl groups is 1. The maximum Gasteiger partial charge on any atom is 0.168 e. The molecule has 0 aromatic rings. The lowest BCUT2D eigenvalue weighted by Crippen LogP contribution is -2.47. The summed E-state index contributed by atoms with van der Waals surface area (Å²) in [5, 5.41) is 9.10. The van der Waals surface area contributed by atoms with E-state index < -0.39 is 0 Å². The van der Waals surface area contributed by atoms with E-state index in [1.165, 1.54) is 43.3 Å². The number of methoxy groups -OCH3 is 1. The highest BCUT2D eigenvalue weighted by Crippen LogP contribution is 2.63. The van der Waals surface area contributed by atoms with Gasteiger partial charge >= 0.3 is 0 Å². The van der Waals surface area contributed by atoms with Crippen molar-refractivity contribution >= 4 is 5.78 Å². The molecule has 0 radical (unpaired) electrons. The van der Waals surface area contributed by atoms with Crippen LogP contribution in [-0.4, -0.2) is 30.7 Å². The monoisotopic (exact) mass is 356 g/mol. The number of Topliss-reactive ketones (excluding diaryl/α,β-unsaturated/α-hetero) is 1. The van der Waals surface area contributed by atoms with Gasteiger partial charge in [0.25, 0.3) is 0 Å². The van der Waals surface area contributed by atoms with E-state index in [-0.39, 0.29) is 18.6 Å². The van der Waals surface area contributed by atoms with Crippen LogP contribution in [0.1, 0.15) is 58.8 Å². The Morgan fingerprint density at radius 1 is 1.27 bits per heavy atom. The molecule has 0 spiro atoms. The number of allylic oxidation sites excluding steroid dienone is 1. The average molecular weight is 357 g/mol. The highest BCUT2D eigenvalue weighted by Gasteiger charge is 2.56. The van der Waals surface area contributed by atoms with Gasteiger partial charge in [-0.2, -0.15) is 0 Å². The lowest BCUT2D eigenvalue weighted by molar-refractivity contribution is -0.133. The first kappa shape index (κ1) is 18.3. The number of carbonyl (C=O) groups is 1. The van der Waals surface area contributed by atoms with Crippen molar-refractivity contribution in [1.82, 2.24) is 0 Å². The summed E-state index contributed by atoms with van der Waals surface area (Å²) in [5.74, 6) is 9.08. The third-order valence-electron chi connectivity index (χ3n) is 8.31. The van der Waals surface area contributed by atoms with Gasteiger partial charge in [0.2, 0.25) is 0 Å². The minimum absolute atomic E-state index is 0.0279. The fourth-order valence-electron chi connectivity index (χ4n) is 7.03. The van der Waals surface area contributed by atoms with Gasteiger partial charge in [-0.15, -0.1) is 0 Å². The molecule has 0 aromatic heterocycles. The Labute approximate surface area is 157 Å². The molecule has 3 nitrogen and oxygen atoms in total. The molecule has 2 saturated carbocycles. The van der Waals surface area contributed by atoms with E-state index in [1.807, 2.05) is 0 Å². The van der Waals surface area contributed by atoms with Crippen LogP contribution >= 0.6 is 0 Å². The van der Waals surface area contributed by atoms with E-state index in [2.05, 4.69) is 25.7 Å². The van der Waals surface area contributed by atoms with Crippen LogP contribution in [0.4, 0.5) is 0 Å². The zero-order valence-corrected chi connectivity index (χ0v) is 16.4. The number of ether oxygens (including phenoxy) is 1. The molecule has 1 N–H and O–H groups in total. The molecule has 4 rings (SSSR count). The second-order valence-corrected chi connectivity index (χ2v) is 9.18. The SMILES string of the molecule is COC1CC2=C(C(C)C1=O)[C@H]1CC[C@]3(C)[C@H](C#CCO)CC[C@H]3[C@@H]1CC2. The third kappa shape index (κ3) is 2.60. The zero-order chi connectivity index (χ0) is 18.5. The van der Waals surface area contributed by atoms with Crippen LogP contribution in [0.15, 0.2) is 11.1 Å². The van der Waals surface area contributed by atoms with Crippen molar-refractivity contribution in [2.75, 3.05) is 13.7 Å². The Morgan fingerprint density at radius 3 is 2.81 bits per heavy atom. The molecule has 142 valence electrons.